The fourth-order valence-corrected chi connectivity index (χ4v) is 3.28. The molecule has 1 aromatic rings. The molecule has 0 radical (unpaired) electrons. The van der Waals surface area contributed by atoms with E-state index in [1.165, 1.54) is 0 Å². The van der Waals surface area contributed by atoms with Gasteiger partial charge in [0.2, 0.25) is 11.8 Å². The van der Waals surface area contributed by atoms with Gasteiger partial charge >= 0.3 is 0 Å². The predicted molar refractivity (Wildman–Crippen MR) is 80.3 cm³/mol. The summed E-state index contributed by atoms with van der Waals surface area (Å²) in [6.45, 7) is 4.35. The van der Waals surface area contributed by atoms with Crippen LogP contribution in [0.3, 0.4) is 0 Å². The first-order valence-corrected chi connectivity index (χ1v) is 7.73. The highest BCUT2D eigenvalue weighted by Crippen LogP contribution is 2.42. The molecule has 1 aliphatic carbocycles. The minimum absolute atomic E-state index is 0.0116. The van der Waals surface area contributed by atoms with Crippen LogP contribution in [-0.2, 0) is 16.1 Å². The average Bonchev–Trinajstić information content (AvgIpc) is 3.31. The SMILES string of the molecule is CCC1C(=O)NC(C)(C2CC2)C(=O)N1Cc1ccccc1. The molecule has 2 unspecified atom stereocenters. The van der Waals surface area contributed by atoms with Crippen LogP contribution < -0.4 is 5.32 Å². The molecule has 0 bridgehead atoms. The maximum Gasteiger partial charge on any atom is 0.249 e. The first-order chi connectivity index (χ1) is 10.1. The van der Waals surface area contributed by atoms with Gasteiger partial charge in [-0.05, 0) is 37.7 Å². The van der Waals surface area contributed by atoms with Crippen LogP contribution in [0.5, 0.6) is 0 Å². The van der Waals surface area contributed by atoms with Crippen molar-refractivity contribution in [3.63, 3.8) is 0 Å². The smallest absolute Gasteiger partial charge is 0.249 e. The molecule has 2 atom stereocenters. The standard InChI is InChI=1S/C17H22N2O2/c1-3-14-15(20)18-17(2,13-9-10-13)16(21)19(14)11-12-7-5-4-6-8-12/h4-8,13-14H,3,9-11H2,1-2H3,(H,18,20). The fraction of sp³-hybridized carbons (Fsp3) is 0.529. The van der Waals surface area contributed by atoms with Crippen molar-refractivity contribution in [2.24, 2.45) is 5.92 Å². The number of rotatable bonds is 4. The lowest BCUT2D eigenvalue weighted by molar-refractivity contribution is -0.156. The summed E-state index contributed by atoms with van der Waals surface area (Å²) in [5.41, 5.74) is 0.356. The first-order valence-electron chi connectivity index (χ1n) is 7.73. The molecule has 3 rings (SSSR count). The molecule has 2 aliphatic rings. The molecule has 112 valence electrons. The summed E-state index contributed by atoms with van der Waals surface area (Å²) in [5, 5.41) is 2.99. The zero-order valence-corrected chi connectivity index (χ0v) is 12.6. The molecule has 1 aromatic carbocycles. The van der Waals surface area contributed by atoms with E-state index in [0.29, 0.717) is 18.9 Å². The second kappa shape index (κ2) is 5.17. The van der Waals surface area contributed by atoms with E-state index < -0.39 is 5.54 Å². The van der Waals surface area contributed by atoms with Crippen LogP contribution in [0, 0.1) is 5.92 Å². The van der Waals surface area contributed by atoms with E-state index in [9.17, 15) is 9.59 Å². The quantitative estimate of drug-likeness (QED) is 0.921. The van der Waals surface area contributed by atoms with Crippen LogP contribution in [-0.4, -0.2) is 28.3 Å². The molecule has 1 saturated carbocycles. The van der Waals surface area contributed by atoms with Gasteiger partial charge in [-0.25, -0.2) is 0 Å². The van der Waals surface area contributed by atoms with Crippen molar-refractivity contribution in [3.8, 4) is 0 Å². The Balaban J connectivity index is 1.89. The highest BCUT2D eigenvalue weighted by atomic mass is 16.2. The molecule has 4 heteroatoms. The van der Waals surface area contributed by atoms with Gasteiger partial charge < -0.3 is 10.2 Å². The topological polar surface area (TPSA) is 49.4 Å². The molecule has 1 N–H and O–H groups in total. The van der Waals surface area contributed by atoms with E-state index in [4.69, 9.17) is 0 Å². The van der Waals surface area contributed by atoms with Crippen molar-refractivity contribution < 1.29 is 9.59 Å². The van der Waals surface area contributed by atoms with Crippen molar-refractivity contribution >= 4 is 11.8 Å². The maximum absolute atomic E-state index is 13.0. The minimum atomic E-state index is -0.711. The molecule has 21 heavy (non-hydrogen) atoms. The third kappa shape index (κ3) is 2.43. The summed E-state index contributed by atoms with van der Waals surface area (Å²) in [6, 6.07) is 9.53. The first kappa shape index (κ1) is 14.1. The van der Waals surface area contributed by atoms with Gasteiger partial charge in [-0.15, -0.1) is 0 Å². The Morgan fingerprint density at radius 2 is 1.90 bits per heavy atom. The number of nitrogens with one attached hydrogen (secondary N) is 1. The third-order valence-electron chi connectivity index (χ3n) is 4.74. The summed E-state index contributed by atoms with van der Waals surface area (Å²) in [7, 11) is 0. The number of carbonyl (C=O) groups excluding carboxylic acids is 2. The van der Waals surface area contributed by atoms with E-state index >= 15 is 0 Å². The van der Waals surface area contributed by atoms with Crippen LogP contribution in [0.2, 0.25) is 0 Å². The van der Waals surface area contributed by atoms with Crippen LogP contribution in [0.25, 0.3) is 0 Å². The second-order valence-electron chi connectivity index (χ2n) is 6.31. The lowest BCUT2D eigenvalue weighted by Gasteiger charge is -2.44. The van der Waals surface area contributed by atoms with Crippen molar-refractivity contribution in [1.29, 1.82) is 0 Å². The Labute approximate surface area is 125 Å². The summed E-state index contributed by atoms with van der Waals surface area (Å²) in [5.74, 6) is 0.354. The summed E-state index contributed by atoms with van der Waals surface area (Å²) < 4.78 is 0. The predicted octanol–water partition coefficient (Wildman–Crippen LogP) is 2.09. The van der Waals surface area contributed by atoms with Gasteiger partial charge in [0.05, 0.1) is 0 Å². The lowest BCUT2D eigenvalue weighted by Crippen LogP contribution is -2.69. The van der Waals surface area contributed by atoms with Crippen LogP contribution in [0.15, 0.2) is 30.3 Å². The number of nitrogens with zero attached hydrogens (tertiary/aromatic N) is 1. The van der Waals surface area contributed by atoms with Crippen LogP contribution in [0.1, 0.15) is 38.7 Å². The highest BCUT2D eigenvalue weighted by Gasteiger charge is 2.54. The van der Waals surface area contributed by atoms with Gasteiger partial charge in [-0.2, -0.15) is 0 Å². The monoisotopic (exact) mass is 286 g/mol. The van der Waals surface area contributed by atoms with Gasteiger partial charge in [-0.3, -0.25) is 9.59 Å². The number of piperazine rings is 1. The number of amides is 2. The zero-order valence-electron chi connectivity index (χ0n) is 12.6. The molecule has 1 aliphatic heterocycles. The Morgan fingerprint density at radius 1 is 1.24 bits per heavy atom. The van der Waals surface area contributed by atoms with Crippen molar-refractivity contribution in [2.45, 2.75) is 51.2 Å². The number of hydrogen-bond donors (Lipinski definition) is 1. The van der Waals surface area contributed by atoms with Crippen molar-refractivity contribution in [3.05, 3.63) is 35.9 Å². The molecule has 2 amide bonds. The van der Waals surface area contributed by atoms with E-state index in [1.807, 2.05) is 44.2 Å². The molecule has 2 fully saturated rings. The van der Waals surface area contributed by atoms with Gasteiger partial charge in [0.1, 0.15) is 11.6 Å². The van der Waals surface area contributed by atoms with E-state index in [0.717, 1.165) is 18.4 Å². The molecular weight excluding hydrogens is 264 g/mol. The highest BCUT2D eigenvalue weighted by molar-refractivity contribution is 6.00. The average molecular weight is 286 g/mol. The van der Waals surface area contributed by atoms with Gasteiger partial charge in [0, 0.05) is 6.54 Å². The van der Waals surface area contributed by atoms with E-state index in [1.54, 1.807) is 4.90 Å². The summed E-state index contributed by atoms with van der Waals surface area (Å²) in [4.78, 5) is 27.1. The molecule has 1 saturated heterocycles. The summed E-state index contributed by atoms with van der Waals surface area (Å²) >= 11 is 0. The normalized spacial score (nSPS) is 29.4. The molecular formula is C17H22N2O2. The Morgan fingerprint density at radius 3 is 2.48 bits per heavy atom. The third-order valence-corrected chi connectivity index (χ3v) is 4.74. The van der Waals surface area contributed by atoms with Crippen molar-refractivity contribution in [1.82, 2.24) is 10.2 Å². The van der Waals surface area contributed by atoms with E-state index in [-0.39, 0.29) is 17.9 Å². The molecule has 1 heterocycles. The Kier molecular flexibility index (Phi) is 3.47. The molecule has 4 nitrogen and oxygen atoms in total. The molecule has 0 spiro atoms. The van der Waals surface area contributed by atoms with Gasteiger partial charge in [0.25, 0.3) is 0 Å². The van der Waals surface area contributed by atoms with Crippen LogP contribution >= 0.6 is 0 Å². The van der Waals surface area contributed by atoms with Crippen LogP contribution in [0.4, 0.5) is 0 Å². The van der Waals surface area contributed by atoms with Gasteiger partial charge in [-0.1, -0.05) is 37.3 Å². The maximum atomic E-state index is 13.0. The minimum Gasteiger partial charge on any atom is -0.340 e. The number of hydrogen-bond acceptors (Lipinski definition) is 2. The molecule has 0 aromatic heterocycles. The Hall–Kier alpha value is -1.84. The fourth-order valence-electron chi connectivity index (χ4n) is 3.28. The van der Waals surface area contributed by atoms with Crippen molar-refractivity contribution in [2.75, 3.05) is 0 Å². The number of carbonyl (C=O) groups is 2. The van der Waals surface area contributed by atoms with E-state index in [2.05, 4.69) is 5.32 Å². The Bertz CT molecular complexity index is 553. The number of benzene rings is 1. The van der Waals surface area contributed by atoms with Gasteiger partial charge in [0.15, 0.2) is 0 Å². The zero-order chi connectivity index (χ0) is 15.0. The largest absolute Gasteiger partial charge is 0.340 e. The second-order valence-corrected chi connectivity index (χ2v) is 6.31. The lowest BCUT2D eigenvalue weighted by atomic mass is 9.88. The summed E-state index contributed by atoms with van der Waals surface area (Å²) in [6.07, 6.45) is 2.70.